The van der Waals surface area contributed by atoms with Crippen LogP contribution in [-0.2, 0) is 9.84 Å². The number of sulfone groups is 1. The lowest BCUT2D eigenvalue weighted by Crippen LogP contribution is -2.30. The molecule has 0 aliphatic carbocycles. The number of benzene rings is 2. The summed E-state index contributed by atoms with van der Waals surface area (Å²) >= 11 is 0. The van der Waals surface area contributed by atoms with E-state index in [4.69, 9.17) is 0 Å². The van der Waals surface area contributed by atoms with Crippen LogP contribution in [-0.4, -0.2) is 31.7 Å². The second kappa shape index (κ2) is 6.41. The molecule has 0 saturated heterocycles. The first-order valence-corrected chi connectivity index (χ1v) is 8.97. The zero-order valence-corrected chi connectivity index (χ0v) is 13.6. The summed E-state index contributed by atoms with van der Waals surface area (Å²) < 4.78 is 24.2. The molecule has 1 aliphatic heterocycles. The molecule has 0 atom stereocenters. The van der Waals surface area contributed by atoms with Gasteiger partial charge in [0, 0.05) is 12.0 Å². The normalized spacial score (nSPS) is 14.4. The number of carbonyl (C=O) groups excluding carboxylic acids is 2. The highest BCUT2D eigenvalue weighted by atomic mass is 32.2. The van der Waals surface area contributed by atoms with Crippen LogP contribution in [0.15, 0.2) is 71.0 Å². The van der Waals surface area contributed by atoms with Gasteiger partial charge in [0.15, 0.2) is 9.84 Å². The number of carbonyl (C=O) groups is 2. The second-order valence-electron chi connectivity index (χ2n) is 5.33. The molecule has 2 aromatic carbocycles. The SMILES string of the molecule is O=C1c2ccccc2C(=O)N1CC/C=C/S(=O)(=O)c1ccccc1. The first-order chi connectivity index (χ1) is 11.5. The fourth-order valence-electron chi connectivity index (χ4n) is 2.53. The van der Waals surface area contributed by atoms with E-state index >= 15 is 0 Å². The number of imide groups is 1. The van der Waals surface area contributed by atoms with Crippen molar-refractivity contribution in [3.8, 4) is 0 Å². The number of hydrogen-bond acceptors (Lipinski definition) is 4. The monoisotopic (exact) mass is 341 g/mol. The van der Waals surface area contributed by atoms with Crippen molar-refractivity contribution in [2.45, 2.75) is 11.3 Å². The minimum absolute atomic E-state index is 0.146. The molecule has 24 heavy (non-hydrogen) atoms. The number of nitrogens with zero attached hydrogens (tertiary/aromatic N) is 1. The van der Waals surface area contributed by atoms with Gasteiger partial charge < -0.3 is 0 Å². The van der Waals surface area contributed by atoms with E-state index in [1.54, 1.807) is 42.5 Å². The number of fused-ring (bicyclic) bond motifs is 1. The minimum Gasteiger partial charge on any atom is -0.274 e. The third-order valence-corrected chi connectivity index (χ3v) is 5.22. The quantitative estimate of drug-likeness (QED) is 0.784. The number of amides is 2. The molecule has 1 heterocycles. The molecular weight excluding hydrogens is 326 g/mol. The van der Waals surface area contributed by atoms with E-state index in [2.05, 4.69) is 0 Å². The van der Waals surface area contributed by atoms with Gasteiger partial charge in [0.25, 0.3) is 11.8 Å². The van der Waals surface area contributed by atoms with Gasteiger partial charge in [0.05, 0.1) is 16.0 Å². The smallest absolute Gasteiger partial charge is 0.261 e. The standard InChI is InChI=1S/C18H15NO4S/c20-17-15-10-4-5-11-16(15)18(21)19(17)12-6-7-13-24(22,23)14-8-2-1-3-9-14/h1-5,7-11,13H,6,12H2/b13-7+. The Bertz CT molecular complexity index is 882. The zero-order valence-electron chi connectivity index (χ0n) is 12.8. The first kappa shape index (κ1) is 16.1. The lowest BCUT2D eigenvalue weighted by Gasteiger charge is -2.11. The summed E-state index contributed by atoms with van der Waals surface area (Å²) in [5.41, 5.74) is 0.784. The fourth-order valence-corrected chi connectivity index (χ4v) is 3.61. The zero-order chi connectivity index (χ0) is 17.2. The maximum absolute atomic E-state index is 12.2. The molecule has 0 radical (unpaired) electrons. The van der Waals surface area contributed by atoms with Crippen molar-refractivity contribution in [1.29, 1.82) is 0 Å². The summed E-state index contributed by atoms with van der Waals surface area (Å²) in [6, 6.07) is 14.7. The van der Waals surface area contributed by atoms with Gasteiger partial charge in [-0.15, -0.1) is 0 Å². The Hall–Kier alpha value is -2.73. The molecular formula is C18H15NO4S. The van der Waals surface area contributed by atoms with Gasteiger partial charge >= 0.3 is 0 Å². The van der Waals surface area contributed by atoms with Crippen molar-refractivity contribution >= 4 is 21.7 Å². The average Bonchev–Trinajstić information content (AvgIpc) is 2.84. The molecule has 2 amide bonds. The summed E-state index contributed by atoms with van der Waals surface area (Å²) in [5, 5.41) is 1.11. The van der Waals surface area contributed by atoms with Gasteiger partial charge in [-0.05, 0) is 30.7 Å². The van der Waals surface area contributed by atoms with Crippen LogP contribution in [0.1, 0.15) is 27.1 Å². The summed E-state index contributed by atoms with van der Waals surface area (Å²) in [5.74, 6) is -0.676. The Kier molecular flexibility index (Phi) is 4.31. The van der Waals surface area contributed by atoms with Crippen LogP contribution in [0.5, 0.6) is 0 Å². The van der Waals surface area contributed by atoms with Crippen LogP contribution in [0.2, 0.25) is 0 Å². The number of hydrogen-bond donors (Lipinski definition) is 0. The van der Waals surface area contributed by atoms with E-state index < -0.39 is 9.84 Å². The summed E-state index contributed by atoms with van der Waals surface area (Å²) in [6.45, 7) is 0.146. The maximum atomic E-state index is 12.2. The van der Waals surface area contributed by atoms with E-state index in [9.17, 15) is 18.0 Å². The average molecular weight is 341 g/mol. The highest BCUT2D eigenvalue weighted by Gasteiger charge is 2.34. The highest BCUT2D eigenvalue weighted by Crippen LogP contribution is 2.22. The van der Waals surface area contributed by atoms with E-state index in [1.165, 1.54) is 18.2 Å². The van der Waals surface area contributed by atoms with Crippen molar-refractivity contribution in [3.05, 3.63) is 77.2 Å². The summed E-state index contributed by atoms with van der Waals surface area (Å²) in [6.07, 6.45) is 1.74. The molecule has 5 nitrogen and oxygen atoms in total. The third kappa shape index (κ3) is 3.00. The molecule has 1 aliphatic rings. The molecule has 0 N–H and O–H groups in total. The largest absolute Gasteiger partial charge is 0.274 e. The molecule has 0 unspecified atom stereocenters. The van der Waals surface area contributed by atoms with Gasteiger partial charge in [-0.25, -0.2) is 8.42 Å². The predicted molar refractivity (Wildman–Crippen MR) is 89.2 cm³/mol. The predicted octanol–water partition coefficient (Wildman–Crippen LogP) is 2.66. The van der Waals surface area contributed by atoms with Crippen molar-refractivity contribution in [2.75, 3.05) is 6.54 Å². The van der Waals surface area contributed by atoms with Crippen LogP contribution in [0, 0.1) is 0 Å². The molecule has 3 rings (SSSR count). The van der Waals surface area contributed by atoms with Gasteiger partial charge in [-0.1, -0.05) is 36.4 Å². The van der Waals surface area contributed by atoms with Crippen LogP contribution in [0.4, 0.5) is 0 Å². The summed E-state index contributed by atoms with van der Waals surface area (Å²) in [4.78, 5) is 25.7. The fraction of sp³-hybridized carbons (Fsp3) is 0.111. The molecule has 0 aromatic heterocycles. The lowest BCUT2D eigenvalue weighted by molar-refractivity contribution is 0.0657. The lowest BCUT2D eigenvalue weighted by atomic mass is 10.1. The Labute approximate surface area is 140 Å². The molecule has 0 fully saturated rings. The molecule has 122 valence electrons. The minimum atomic E-state index is -3.51. The molecule has 0 spiro atoms. The maximum Gasteiger partial charge on any atom is 0.261 e. The molecule has 0 saturated carbocycles. The molecule has 6 heteroatoms. The van der Waals surface area contributed by atoms with Crippen LogP contribution in [0.25, 0.3) is 0 Å². The third-order valence-electron chi connectivity index (χ3n) is 3.74. The molecule has 2 aromatic rings. The van der Waals surface area contributed by atoms with Gasteiger partial charge in [-0.2, -0.15) is 0 Å². The van der Waals surface area contributed by atoms with Crippen molar-refractivity contribution in [3.63, 3.8) is 0 Å². The van der Waals surface area contributed by atoms with Gasteiger partial charge in [-0.3, -0.25) is 14.5 Å². The van der Waals surface area contributed by atoms with Gasteiger partial charge in [0.2, 0.25) is 0 Å². The van der Waals surface area contributed by atoms with E-state index in [-0.39, 0.29) is 29.7 Å². The number of rotatable bonds is 5. The van der Waals surface area contributed by atoms with Crippen LogP contribution >= 0.6 is 0 Å². The molecule has 0 bridgehead atoms. The highest BCUT2D eigenvalue weighted by molar-refractivity contribution is 7.94. The Morgan fingerprint density at radius 3 is 1.96 bits per heavy atom. The van der Waals surface area contributed by atoms with Gasteiger partial charge in [0.1, 0.15) is 0 Å². The van der Waals surface area contributed by atoms with Crippen molar-refractivity contribution in [1.82, 2.24) is 4.90 Å². The van der Waals surface area contributed by atoms with E-state index in [1.807, 2.05) is 0 Å². The van der Waals surface area contributed by atoms with Crippen LogP contribution in [0.3, 0.4) is 0 Å². The first-order valence-electron chi connectivity index (χ1n) is 7.42. The van der Waals surface area contributed by atoms with Crippen molar-refractivity contribution in [2.24, 2.45) is 0 Å². The van der Waals surface area contributed by atoms with E-state index in [0.29, 0.717) is 11.1 Å². The Morgan fingerprint density at radius 1 is 0.833 bits per heavy atom. The Balaban J connectivity index is 1.66. The summed E-state index contributed by atoms with van der Waals surface area (Å²) in [7, 11) is -3.51. The van der Waals surface area contributed by atoms with E-state index in [0.717, 1.165) is 10.3 Å². The topological polar surface area (TPSA) is 71.5 Å². The van der Waals surface area contributed by atoms with Crippen LogP contribution < -0.4 is 0 Å². The van der Waals surface area contributed by atoms with Crippen molar-refractivity contribution < 1.29 is 18.0 Å². The second-order valence-corrected chi connectivity index (χ2v) is 7.16. The Morgan fingerprint density at radius 2 is 1.38 bits per heavy atom.